The van der Waals surface area contributed by atoms with Gasteiger partial charge in [0.2, 0.25) is 0 Å². The van der Waals surface area contributed by atoms with Gasteiger partial charge in [0.25, 0.3) is 0 Å². The summed E-state index contributed by atoms with van der Waals surface area (Å²) in [5.41, 5.74) is 1.15. The molecule has 1 aliphatic heterocycles. The van der Waals surface area contributed by atoms with E-state index in [2.05, 4.69) is 53.6 Å². The predicted octanol–water partition coefficient (Wildman–Crippen LogP) is 4.67. The van der Waals surface area contributed by atoms with Crippen molar-refractivity contribution in [2.24, 2.45) is 4.99 Å². The lowest BCUT2D eigenvalue weighted by atomic mass is 10.0. The molecular formula is C23H35IN4O2S. The molecule has 172 valence electrons. The summed E-state index contributed by atoms with van der Waals surface area (Å²) in [6.45, 7) is 7.85. The van der Waals surface area contributed by atoms with Gasteiger partial charge in [0.15, 0.2) is 5.96 Å². The number of hydrogen-bond acceptors (Lipinski definition) is 5. The molecule has 8 heteroatoms. The number of guanidine groups is 1. The highest BCUT2D eigenvalue weighted by molar-refractivity contribution is 14.0. The molecule has 1 aromatic carbocycles. The molecule has 0 unspecified atom stereocenters. The Balaban J connectivity index is 0.00000341. The Labute approximate surface area is 207 Å². The van der Waals surface area contributed by atoms with Crippen molar-refractivity contribution in [2.45, 2.75) is 45.7 Å². The quantitative estimate of drug-likeness (QED) is 0.280. The Morgan fingerprint density at radius 2 is 1.71 bits per heavy atom. The molecule has 2 aromatic rings. The molecule has 0 atom stereocenters. The summed E-state index contributed by atoms with van der Waals surface area (Å²) >= 11 is 1.85. The molecule has 2 heterocycles. The number of thiophene rings is 1. The van der Waals surface area contributed by atoms with E-state index in [-0.39, 0.29) is 24.0 Å². The van der Waals surface area contributed by atoms with E-state index in [0.717, 1.165) is 68.6 Å². The fourth-order valence-corrected chi connectivity index (χ4v) is 4.51. The van der Waals surface area contributed by atoms with Gasteiger partial charge in [-0.2, -0.15) is 0 Å². The summed E-state index contributed by atoms with van der Waals surface area (Å²) in [7, 11) is 3.38. The molecule has 1 fully saturated rings. The molecule has 3 rings (SSSR count). The van der Waals surface area contributed by atoms with Gasteiger partial charge in [-0.3, -0.25) is 0 Å². The summed E-state index contributed by atoms with van der Waals surface area (Å²) in [5.74, 6) is 2.56. The second-order valence-corrected chi connectivity index (χ2v) is 8.65. The van der Waals surface area contributed by atoms with Crippen LogP contribution in [0, 0.1) is 0 Å². The molecular weight excluding hydrogens is 523 g/mol. The van der Waals surface area contributed by atoms with Crippen LogP contribution in [0.15, 0.2) is 35.3 Å². The van der Waals surface area contributed by atoms with E-state index in [9.17, 15) is 0 Å². The van der Waals surface area contributed by atoms with Crippen LogP contribution in [-0.2, 0) is 13.0 Å². The molecule has 1 aromatic heterocycles. The van der Waals surface area contributed by atoms with Gasteiger partial charge in [-0.05, 0) is 38.3 Å². The number of benzene rings is 1. The fourth-order valence-electron chi connectivity index (χ4n) is 3.62. The van der Waals surface area contributed by atoms with Crippen molar-refractivity contribution in [1.82, 2.24) is 10.6 Å². The Morgan fingerprint density at radius 3 is 2.26 bits per heavy atom. The molecule has 6 nitrogen and oxygen atoms in total. The van der Waals surface area contributed by atoms with E-state index in [1.54, 1.807) is 14.2 Å². The molecule has 0 aliphatic carbocycles. The van der Waals surface area contributed by atoms with Crippen LogP contribution in [0.4, 0.5) is 5.69 Å². The predicted molar refractivity (Wildman–Crippen MR) is 142 cm³/mol. The van der Waals surface area contributed by atoms with Crippen LogP contribution in [0.5, 0.6) is 11.5 Å². The van der Waals surface area contributed by atoms with Crippen molar-refractivity contribution >= 4 is 47.0 Å². The van der Waals surface area contributed by atoms with E-state index in [4.69, 9.17) is 14.5 Å². The lowest BCUT2D eigenvalue weighted by Crippen LogP contribution is -2.48. The summed E-state index contributed by atoms with van der Waals surface area (Å²) in [4.78, 5) is 9.93. The van der Waals surface area contributed by atoms with Crippen LogP contribution < -0.4 is 25.0 Å². The maximum atomic E-state index is 5.42. The topological polar surface area (TPSA) is 58.1 Å². The van der Waals surface area contributed by atoms with E-state index in [1.165, 1.54) is 9.75 Å². The SMILES string of the molecule is CCNC(=NCc1ccc(CC)s1)NC1CCN(c2cc(OC)cc(OC)c2)CC1.I. The highest BCUT2D eigenvalue weighted by Gasteiger charge is 2.21. The first-order chi connectivity index (χ1) is 14.6. The van der Waals surface area contributed by atoms with Gasteiger partial charge >= 0.3 is 0 Å². The zero-order chi connectivity index (χ0) is 21.3. The number of aliphatic imine (C=N–C) groups is 1. The standard InChI is InChI=1S/C23H34N4O2S.HI/c1-5-21-7-8-22(30-21)16-25-23(24-6-2)26-17-9-11-27(12-10-17)18-13-19(28-3)15-20(14-18)29-4;/h7-8,13-15,17H,5-6,9-12,16H2,1-4H3,(H2,24,25,26);1H. The lowest BCUT2D eigenvalue weighted by molar-refractivity contribution is 0.393. The molecule has 0 saturated carbocycles. The number of nitrogens with zero attached hydrogens (tertiary/aromatic N) is 2. The maximum Gasteiger partial charge on any atom is 0.191 e. The van der Waals surface area contributed by atoms with Gasteiger partial charge in [0, 0.05) is 59.3 Å². The number of piperidine rings is 1. The Hall–Kier alpha value is -1.68. The van der Waals surface area contributed by atoms with Crippen LogP contribution in [0.25, 0.3) is 0 Å². The normalized spacial score (nSPS) is 14.7. The molecule has 0 amide bonds. The van der Waals surface area contributed by atoms with E-state index < -0.39 is 0 Å². The lowest BCUT2D eigenvalue weighted by Gasteiger charge is -2.34. The maximum absolute atomic E-state index is 5.42. The average Bonchev–Trinajstić information content (AvgIpc) is 3.26. The number of rotatable bonds is 8. The van der Waals surface area contributed by atoms with Crippen LogP contribution in [0.3, 0.4) is 0 Å². The van der Waals surface area contributed by atoms with Gasteiger partial charge in [-0.25, -0.2) is 4.99 Å². The van der Waals surface area contributed by atoms with Crippen LogP contribution in [-0.4, -0.2) is 45.9 Å². The van der Waals surface area contributed by atoms with E-state index in [1.807, 2.05) is 17.4 Å². The molecule has 0 radical (unpaired) electrons. The minimum absolute atomic E-state index is 0. The third kappa shape index (κ3) is 7.45. The third-order valence-electron chi connectivity index (χ3n) is 5.34. The molecule has 1 aliphatic rings. The van der Waals surface area contributed by atoms with Crippen molar-refractivity contribution < 1.29 is 9.47 Å². The third-order valence-corrected chi connectivity index (χ3v) is 6.55. The number of aryl methyl sites for hydroxylation is 1. The fraction of sp³-hybridized carbons (Fsp3) is 0.522. The first-order valence-corrected chi connectivity index (χ1v) is 11.6. The number of anilines is 1. The molecule has 0 spiro atoms. The molecule has 31 heavy (non-hydrogen) atoms. The van der Waals surface area contributed by atoms with Gasteiger partial charge in [0.1, 0.15) is 11.5 Å². The second-order valence-electron chi connectivity index (χ2n) is 7.39. The number of hydrogen-bond donors (Lipinski definition) is 2. The largest absolute Gasteiger partial charge is 0.497 e. The van der Waals surface area contributed by atoms with Gasteiger partial charge in [-0.15, -0.1) is 35.3 Å². The van der Waals surface area contributed by atoms with Crippen LogP contribution in [0.1, 0.15) is 36.4 Å². The molecule has 2 N–H and O–H groups in total. The van der Waals surface area contributed by atoms with Gasteiger partial charge in [0.05, 0.1) is 20.8 Å². The number of ether oxygens (including phenoxy) is 2. The van der Waals surface area contributed by atoms with E-state index >= 15 is 0 Å². The minimum Gasteiger partial charge on any atom is -0.497 e. The Morgan fingerprint density at radius 1 is 1.06 bits per heavy atom. The minimum atomic E-state index is 0. The smallest absolute Gasteiger partial charge is 0.191 e. The first-order valence-electron chi connectivity index (χ1n) is 10.8. The van der Waals surface area contributed by atoms with E-state index in [0.29, 0.717) is 6.04 Å². The van der Waals surface area contributed by atoms with Crippen LogP contribution in [0.2, 0.25) is 0 Å². The summed E-state index contributed by atoms with van der Waals surface area (Å²) in [6.07, 6.45) is 3.20. The van der Waals surface area contributed by atoms with Crippen molar-refractivity contribution in [3.05, 3.63) is 40.1 Å². The highest BCUT2D eigenvalue weighted by atomic mass is 127. The first kappa shape index (κ1) is 25.6. The van der Waals surface area contributed by atoms with Crippen molar-refractivity contribution in [2.75, 3.05) is 38.8 Å². The highest BCUT2D eigenvalue weighted by Crippen LogP contribution is 2.30. The van der Waals surface area contributed by atoms with Crippen molar-refractivity contribution in [3.63, 3.8) is 0 Å². The second kappa shape index (κ2) is 13.0. The molecule has 1 saturated heterocycles. The average molecular weight is 559 g/mol. The van der Waals surface area contributed by atoms with Crippen molar-refractivity contribution in [1.29, 1.82) is 0 Å². The number of nitrogens with one attached hydrogen (secondary N) is 2. The zero-order valence-corrected chi connectivity index (χ0v) is 22.1. The number of halogens is 1. The zero-order valence-electron chi connectivity index (χ0n) is 18.9. The van der Waals surface area contributed by atoms with Gasteiger partial charge in [-0.1, -0.05) is 6.92 Å². The summed E-state index contributed by atoms with van der Waals surface area (Å²) in [5, 5.41) is 7.02. The van der Waals surface area contributed by atoms with Crippen LogP contribution >= 0.6 is 35.3 Å². The monoisotopic (exact) mass is 558 g/mol. The Kier molecular flexibility index (Phi) is 10.7. The summed E-state index contributed by atoms with van der Waals surface area (Å²) < 4.78 is 10.8. The Bertz CT molecular complexity index is 812. The number of methoxy groups -OCH3 is 2. The van der Waals surface area contributed by atoms with Gasteiger partial charge < -0.3 is 25.0 Å². The van der Waals surface area contributed by atoms with Crippen molar-refractivity contribution in [3.8, 4) is 11.5 Å². The summed E-state index contributed by atoms with van der Waals surface area (Å²) in [6, 6.07) is 10.9. The molecule has 0 bridgehead atoms.